The van der Waals surface area contributed by atoms with Gasteiger partial charge in [-0.05, 0) is 32.1 Å². The molecular formula is C16H20BN5O5. The molecule has 0 aliphatic carbocycles. The van der Waals surface area contributed by atoms with Crippen LogP contribution in [0.4, 0.5) is 0 Å². The van der Waals surface area contributed by atoms with Crippen molar-refractivity contribution in [2.75, 3.05) is 14.1 Å². The van der Waals surface area contributed by atoms with Gasteiger partial charge < -0.3 is 25.0 Å². The SMILES string of the molecule is CN(C)Cc1cn(CC(=O)N[C@H]2Cc3cccc(C(=O)O)c3OB2O)nn1. The Morgan fingerprint density at radius 3 is 2.93 bits per heavy atom. The second-order valence-electron chi connectivity index (χ2n) is 6.63. The fourth-order valence-corrected chi connectivity index (χ4v) is 2.93. The average molecular weight is 373 g/mol. The van der Waals surface area contributed by atoms with Crippen molar-refractivity contribution < 1.29 is 24.4 Å². The van der Waals surface area contributed by atoms with Crippen LogP contribution < -0.4 is 9.97 Å². The minimum Gasteiger partial charge on any atom is -0.534 e. The molecule has 0 saturated heterocycles. The Balaban J connectivity index is 1.64. The van der Waals surface area contributed by atoms with E-state index in [1.54, 1.807) is 18.3 Å². The number of hydrogen-bond donors (Lipinski definition) is 3. The number of nitrogens with one attached hydrogen (secondary N) is 1. The van der Waals surface area contributed by atoms with Crippen molar-refractivity contribution in [3.63, 3.8) is 0 Å². The number of fused-ring (bicyclic) bond motifs is 1. The first-order valence-corrected chi connectivity index (χ1v) is 8.36. The van der Waals surface area contributed by atoms with Gasteiger partial charge in [0.2, 0.25) is 5.91 Å². The number of benzene rings is 1. The smallest absolute Gasteiger partial charge is 0.534 e. The molecule has 3 N–H and O–H groups in total. The third-order valence-electron chi connectivity index (χ3n) is 4.07. The zero-order valence-electron chi connectivity index (χ0n) is 15.0. The Morgan fingerprint density at radius 2 is 2.22 bits per heavy atom. The van der Waals surface area contributed by atoms with Crippen molar-refractivity contribution in [2.24, 2.45) is 0 Å². The fraction of sp³-hybridized carbons (Fsp3) is 0.375. The Kier molecular flexibility index (Phi) is 5.42. The summed E-state index contributed by atoms with van der Waals surface area (Å²) in [5.74, 6) is -2.06. The first kappa shape index (κ1) is 18.9. The van der Waals surface area contributed by atoms with Crippen molar-refractivity contribution in [3.8, 4) is 5.75 Å². The summed E-state index contributed by atoms with van der Waals surface area (Å²) < 4.78 is 6.77. The number of aromatic nitrogens is 3. The van der Waals surface area contributed by atoms with Crippen LogP contribution >= 0.6 is 0 Å². The van der Waals surface area contributed by atoms with Gasteiger partial charge in [-0.15, -0.1) is 5.10 Å². The summed E-state index contributed by atoms with van der Waals surface area (Å²) in [6.07, 6.45) is 1.94. The minimum atomic E-state index is -1.35. The highest BCUT2D eigenvalue weighted by Gasteiger charge is 2.37. The number of nitrogens with zero attached hydrogens (tertiary/aromatic N) is 4. The fourth-order valence-electron chi connectivity index (χ4n) is 2.93. The molecule has 1 aromatic heterocycles. The van der Waals surface area contributed by atoms with Crippen LogP contribution in [0.3, 0.4) is 0 Å². The summed E-state index contributed by atoms with van der Waals surface area (Å²) >= 11 is 0. The standard InChI is InChI=1S/C16H20BN5O5/c1-21(2)7-11-8-22(20-19-11)9-14(23)18-13-6-10-4-3-5-12(16(24)25)15(10)27-17(13)26/h3-5,8,13,26H,6-7,9H2,1-2H3,(H,18,23)(H,24,25)/t13-/m0/s1. The average Bonchev–Trinajstić information content (AvgIpc) is 3.00. The van der Waals surface area contributed by atoms with Gasteiger partial charge in [0.05, 0.1) is 23.4 Å². The van der Waals surface area contributed by atoms with Crippen molar-refractivity contribution >= 4 is 19.0 Å². The maximum absolute atomic E-state index is 12.3. The molecule has 2 aromatic rings. The number of aromatic carboxylic acids is 1. The van der Waals surface area contributed by atoms with Gasteiger partial charge >= 0.3 is 13.1 Å². The predicted octanol–water partition coefficient (Wildman–Crippen LogP) is -0.822. The molecule has 1 aliphatic heterocycles. The normalized spacial score (nSPS) is 16.0. The van der Waals surface area contributed by atoms with E-state index in [2.05, 4.69) is 15.6 Å². The lowest BCUT2D eigenvalue weighted by atomic mass is 9.72. The molecule has 0 radical (unpaired) electrons. The Morgan fingerprint density at radius 1 is 1.44 bits per heavy atom. The number of carbonyl (C=O) groups is 2. The van der Waals surface area contributed by atoms with E-state index in [1.807, 2.05) is 19.0 Å². The number of rotatable bonds is 6. The molecule has 2 heterocycles. The summed E-state index contributed by atoms with van der Waals surface area (Å²) in [5.41, 5.74) is 1.33. The highest BCUT2D eigenvalue weighted by atomic mass is 16.5. The maximum atomic E-state index is 12.3. The Bertz CT molecular complexity index is 855. The molecule has 1 atom stereocenters. The molecule has 0 spiro atoms. The molecule has 0 saturated carbocycles. The van der Waals surface area contributed by atoms with Crippen LogP contribution in [-0.2, 0) is 24.3 Å². The summed E-state index contributed by atoms with van der Waals surface area (Å²) in [7, 11) is 2.47. The van der Waals surface area contributed by atoms with Gasteiger partial charge in [0.15, 0.2) is 0 Å². The van der Waals surface area contributed by atoms with Crippen LogP contribution in [0.25, 0.3) is 0 Å². The summed E-state index contributed by atoms with van der Waals surface area (Å²) in [4.78, 5) is 25.5. The molecule has 0 fully saturated rings. The molecule has 3 rings (SSSR count). The van der Waals surface area contributed by atoms with Crippen LogP contribution in [0, 0.1) is 0 Å². The quantitative estimate of drug-likeness (QED) is 0.560. The first-order chi connectivity index (χ1) is 12.8. The molecule has 0 unspecified atom stereocenters. The topological polar surface area (TPSA) is 130 Å². The van der Waals surface area contributed by atoms with Gasteiger partial charge in [0.25, 0.3) is 0 Å². The van der Waals surface area contributed by atoms with Gasteiger partial charge in [-0.3, -0.25) is 4.79 Å². The third-order valence-corrected chi connectivity index (χ3v) is 4.07. The van der Waals surface area contributed by atoms with Gasteiger partial charge in [-0.25, -0.2) is 9.48 Å². The van der Waals surface area contributed by atoms with E-state index in [0.29, 0.717) is 12.1 Å². The van der Waals surface area contributed by atoms with Crippen LogP contribution in [0.2, 0.25) is 0 Å². The van der Waals surface area contributed by atoms with Crippen molar-refractivity contribution in [1.82, 2.24) is 25.2 Å². The summed E-state index contributed by atoms with van der Waals surface area (Å²) in [6.45, 7) is 0.561. The molecule has 27 heavy (non-hydrogen) atoms. The van der Waals surface area contributed by atoms with Crippen molar-refractivity contribution in [3.05, 3.63) is 41.2 Å². The highest BCUT2D eigenvalue weighted by molar-refractivity contribution is 6.47. The zero-order chi connectivity index (χ0) is 19.6. The summed E-state index contributed by atoms with van der Waals surface area (Å²) in [5, 5.41) is 30.0. The van der Waals surface area contributed by atoms with Crippen molar-refractivity contribution in [2.45, 2.75) is 25.5 Å². The number of hydrogen-bond acceptors (Lipinski definition) is 7. The van der Waals surface area contributed by atoms with Gasteiger partial charge in [0, 0.05) is 6.54 Å². The van der Waals surface area contributed by atoms with E-state index in [4.69, 9.17) is 4.65 Å². The number of para-hydroxylation sites is 1. The minimum absolute atomic E-state index is 0.0210. The molecule has 1 aliphatic rings. The third kappa shape index (κ3) is 4.44. The van der Waals surface area contributed by atoms with E-state index < -0.39 is 19.0 Å². The molecule has 11 heteroatoms. The first-order valence-electron chi connectivity index (χ1n) is 8.36. The van der Waals surface area contributed by atoms with Crippen LogP contribution in [0.1, 0.15) is 21.6 Å². The largest absolute Gasteiger partial charge is 0.547 e. The Labute approximate surface area is 155 Å². The van der Waals surface area contributed by atoms with E-state index in [-0.39, 0.29) is 30.2 Å². The number of carboxylic acids is 1. The van der Waals surface area contributed by atoms with Gasteiger partial charge in [-0.2, -0.15) is 0 Å². The molecule has 142 valence electrons. The van der Waals surface area contributed by atoms with Crippen LogP contribution in [0.5, 0.6) is 5.75 Å². The highest BCUT2D eigenvalue weighted by Crippen LogP contribution is 2.30. The second-order valence-corrected chi connectivity index (χ2v) is 6.63. The number of carboxylic acid groups (broad SMARTS) is 1. The summed E-state index contributed by atoms with van der Waals surface area (Å²) in [6, 6.07) is 4.71. The molecule has 1 amide bonds. The number of carbonyl (C=O) groups excluding carboxylic acids is 1. The van der Waals surface area contributed by atoms with Gasteiger partial charge in [0.1, 0.15) is 12.3 Å². The lowest BCUT2D eigenvalue weighted by Gasteiger charge is -2.28. The van der Waals surface area contributed by atoms with E-state index in [0.717, 1.165) is 5.69 Å². The van der Waals surface area contributed by atoms with Crippen LogP contribution in [0.15, 0.2) is 24.4 Å². The van der Waals surface area contributed by atoms with Crippen molar-refractivity contribution in [1.29, 1.82) is 0 Å². The second kappa shape index (κ2) is 7.76. The number of amides is 1. The van der Waals surface area contributed by atoms with Gasteiger partial charge in [-0.1, -0.05) is 17.3 Å². The monoisotopic (exact) mass is 373 g/mol. The molecule has 10 nitrogen and oxygen atoms in total. The lowest BCUT2D eigenvalue weighted by Crippen LogP contribution is -2.53. The Hall–Kier alpha value is -2.92. The van der Waals surface area contributed by atoms with Crippen LogP contribution in [-0.4, -0.2) is 69.1 Å². The van der Waals surface area contributed by atoms with E-state index in [9.17, 15) is 19.7 Å². The molecule has 0 bridgehead atoms. The zero-order valence-corrected chi connectivity index (χ0v) is 15.0. The molecule has 1 aromatic carbocycles. The maximum Gasteiger partial charge on any atom is 0.547 e. The lowest BCUT2D eigenvalue weighted by molar-refractivity contribution is -0.122. The van der Waals surface area contributed by atoms with E-state index >= 15 is 0 Å². The molecular weight excluding hydrogens is 353 g/mol. The van der Waals surface area contributed by atoms with E-state index in [1.165, 1.54) is 10.7 Å². The predicted molar refractivity (Wildman–Crippen MR) is 95.0 cm³/mol.